The lowest BCUT2D eigenvalue weighted by molar-refractivity contribution is 0.605. The van der Waals surface area contributed by atoms with Crippen LogP contribution in [0.3, 0.4) is 0 Å². The molecule has 1 aromatic rings. The molecule has 0 aliphatic carbocycles. The van der Waals surface area contributed by atoms with Crippen LogP contribution in [0.1, 0.15) is 16.5 Å². The predicted molar refractivity (Wildman–Crippen MR) is 65.5 cm³/mol. The van der Waals surface area contributed by atoms with Crippen molar-refractivity contribution in [3.05, 3.63) is 31.7 Å². The number of nitrogens with two attached hydrogens (primary N) is 1. The second-order valence-electron chi connectivity index (χ2n) is 3.05. The third-order valence-corrected chi connectivity index (χ3v) is 6.29. The molecule has 1 aromatic heterocycles. The summed E-state index contributed by atoms with van der Waals surface area (Å²) in [5, 5.41) is 5.18. The first-order valence-corrected chi connectivity index (χ1v) is 7.74. The topological polar surface area (TPSA) is 60.2 Å². The van der Waals surface area contributed by atoms with Crippen molar-refractivity contribution in [3.63, 3.8) is 0 Å². The van der Waals surface area contributed by atoms with Gasteiger partial charge in [-0.25, -0.2) is 13.6 Å². The lowest BCUT2D eigenvalue weighted by atomic mass is 10.2. The standard InChI is InChI=1S/C8H8ClNO2S3/c9-7-3-1-5(13-7)6-2-4-8(14-6)15(10,11)12/h1,3-4,6H,2H2,(H2,10,11,12). The summed E-state index contributed by atoms with van der Waals surface area (Å²) in [5.74, 6) is 0. The van der Waals surface area contributed by atoms with Crippen LogP contribution in [0.25, 0.3) is 0 Å². The fraction of sp³-hybridized carbons (Fsp3) is 0.250. The Balaban J connectivity index is 2.15. The summed E-state index contributed by atoms with van der Waals surface area (Å²) in [4.78, 5) is 1.08. The SMILES string of the molecule is NS(=O)(=O)C1=CCC(c2ccc(Cl)s2)S1. The summed E-state index contributed by atoms with van der Waals surface area (Å²) in [5.41, 5.74) is 0. The van der Waals surface area contributed by atoms with Gasteiger partial charge < -0.3 is 0 Å². The number of rotatable bonds is 2. The highest BCUT2D eigenvalue weighted by atomic mass is 35.5. The molecule has 2 heterocycles. The molecule has 0 amide bonds. The van der Waals surface area contributed by atoms with E-state index < -0.39 is 10.0 Å². The van der Waals surface area contributed by atoms with E-state index in [1.807, 2.05) is 12.1 Å². The molecule has 0 fully saturated rings. The van der Waals surface area contributed by atoms with Crippen molar-refractivity contribution in [2.75, 3.05) is 0 Å². The minimum absolute atomic E-state index is 0.135. The molecule has 1 unspecified atom stereocenters. The summed E-state index contributed by atoms with van der Waals surface area (Å²) in [6, 6.07) is 3.74. The molecule has 2 N–H and O–H groups in total. The monoisotopic (exact) mass is 281 g/mol. The Kier molecular flexibility index (Phi) is 3.14. The van der Waals surface area contributed by atoms with Crippen LogP contribution in [-0.2, 0) is 10.0 Å². The zero-order chi connectivity index (χ0) is 11.1. The minimum atomic E-state index is -3.54. The van der Waals surface area contributed by atoms with Gasteiger partial charge in [-0.2, -0.15) is 0 Å². The van der Waals surface area contributed by atoms with E-state index in [2.05, 4.69) is 0 Å². The summed E-state index contributed by atoms with van der Waals surface area (Å²) >= 11 is 8.57. The number of thiophene rings is 1. The second kappa shape index (κ2) is 4.10. The van der Waals surface area contributed by atoms with Crippen LogP contribution in [0.2, 0.25) is 4.34 Å². The number of thioether (sulfide) groups is 1. The summed E-state index contributed by atoms with van der Waals surface area (Å²) < 4.78 is 23.1. The Morgan fingerprint density at radius 3 is 2.67 bits per heavy atom. The fourth-order valence-corrected chi connectivity index (χ4v) is 4.72. The van der Waals surface area contributed by atoms with E-state index in [0.29, 0.717) is 6.42 Å². The maximum absolute atomic E-state index is 11.1. The van der Waals surface area contributed by atoms with Crippen LogP contribution >= 0.6 is 34.7 Å². The Labute approximate surface area is 101 Å². The molecule has 7 heteroatoms. The quantitative estimate of drug-likeness (QED) is 0.907. The first-order chi connectivity index (χ1) is 6.97. The first-order valence-electron chi connectivity index (χ1n) is 4.11. The van der Waals surface area contributed by atoms with E-state index in [1.54, 1.807) is 6.08 Å². The van der Waals surface area contributed by atoms with E-state index in [0.717, 1.165) is 9.21 Å². The van der Waals surface area contributed by atoms with Crippen LogP contribution in [-0.4, -0.2) is 8.42 Å². The smallest absolute Gasteiger partial charge is 0.224 e. The molecule has 3 nitrogen and oxygen atoms in total. The molecule has 1 aliphatic heterocycles. The third-order valence-electron chi connectivity index (χ3n) is 1.95. The van der Waals surface area contributed by atoms with Crippen LogP contribution in [0.15, 0.2) is 22.4 Å². The van der Waals surface area contributed by atoms with Gasteiger partial charge in [-0.3, -0.25) is 0 Å². The Morgan fingerprint density at radius 1 is 1.47 bits per heavy atom. The number of sulfonamides is 1. The highest BCUT2D eigenvalue weighted by molar-refractivity contribution is 8.18. The molecule has 0 saturated heterocycles. The molecule has 1 atom stereocenters. The molecule has 0 radical (unpaired) electrons. The highest BCUT2D eigenvalue weighted by Crippen LogP contribution is 2.47. The number of hydrogen-bond donors (Lipinski definition) is 1. The van der Waals surface area contributed by atoms with Gasteiger partial charge in [0.15, 0.2) is 0 Å². The van der Waals surface area contributed by atoms with Gasteiger partial charge in [0.25, 0.3) is 0 Å². The fourth-order valence-electron chi connectivity index (χ4n) is 1.30. The molecule has 0 spiro atoms. The Bertz CT molecular complexity index is 506. The Morgan fingerprint density at radius 2 is 2.20 bits per heavy atom. The van der Waals surface area contributed by atoms with Gasteiger partial charge >= 0.3 is 0 Å². The molecular weight excluding hydrogens is 274 g/mol. The summed E-state index contributed by atoms with van der Waals surface area (Å²) in [6.45, 7) is 0. The van der Waals surface area contributed by atoms with Crippen molar-refractivity contribution < 1.29 is 8.42 Å². The van der Waals surface area contributed by atoms with E-state index in [9.17, 15) is 8.42 Å². The zero-order valence-corrected chi connectivity index (χ0v) is 10.7. The van der Waals surface area contributed by atoms with Gasteiger partial charge in [0.2, 0.25) is 10.0 Å². The molecule has 1 aliphatic rings. The normalized spacial score (nSPS) is 21.7. The van der Waals surface area contributed by atoms with Crippen molar-refractivity contribution >= 4 is 44.7 Å². The lowest BCUT2D eigenvalue weighted by Crippen LogP contribution is -2.11. The lowest BCUT2D eigenvalue weighted by Gasteiger charge is -2.05. The van der Waals surface area contributed by atoms with Crippen LogP contribution in [0.4, 0.5) is 0 Å². The predicted octanol–water partition coefficient (Wildman–Crippen LogP) is 2.71. The van der Waals surface area contributed by atoms with E-state index >= 15 is 0 Å². The van der Waals surface area contributed by atoms with Gasteiger partial charge in [0.05, 0.1) is 4.34 Å². The van der Waals surface area contributed by atoms with Gasteiger partial charge in [-0.1, -0.05) is 17.7 Å². The van der Waals surface area contributed by atoms with Gasteiger partial charge in [-0.15, -0.1) is 23.1 Å². The summed E-state index contributed by atoms with van der Waals surface area (Å²) in [6.07, 6.45) is 2.35. The molecule has 0 saturated carbocycles. The van der Waals surface area contributed by atoms with E-state index in [1.165, 1.54) is 23.1 Å². The van der Waals surface area contributed by atoms with Crippen LogP contribution in [0, 0.1) is 0 Å². The summed E-state index contributed by atoms with van der Waals surface area (Å²) in [7, 11) is -3.54. The second-order valence-corrected chi connectivity index (χ2v) is 7.83. The average Bonchev–Trinajstić information content (AvgIpc) is 2.69. The van der Waals surface area contributed by atoms with Gasteiger partial charge in [-0.05, 0) is 18.6 Å². The third kappa shape index (κ3) is 2.57. The number of halogens is 1. The Hall–Kier alpha value is -0.0100. The minimum Gasteiger partial charge on any atom is -0.224 e. The van der Waals surface area contributed by atoms with E-state index in [-0.39, 0.29) is 9.49 Å². The largest absolute Gasteiger partial charge is 0.243 e. The molecular formula is C8H8ClNO2S3. The van der Waals surface area contributed by atoms with Crippen molar-refractivity contribution in [3.8, 4) is 0 Å². The first kappa shape index (κ1) is 11.5. The van der Waals surface area contributed by atoms with Crippen LogP contribution < -0.4 is 5.14 Å². The highest BCUT2D eigenvalue weighted by Gasteiger charge is 2.26. The molecule has 0 bridgehead atoms. The van der Waals surface area contributed by atoms with Crippen LogP contribution in [0.5, 0.6) is 0 Å². The zero-order valence-electron chi connectivity index (χ0n) is 7.51. The van der Waals surface area contributed by atoms with E-state index in [4.69, 9.17) is 16.7 Å². The molecule has 15 heavy (non-hydrogen) atoms. The van der Waals surface area contributed by atoms with Crippen molar-refractivity contribution in [1.29, 1.82) is 0 Å². The maximum atomic E-state index is 11.1. The molecule has 2 rings (SSSR count). The van der Waals surface area contributed by atoms with Gasteiger partial charge in [0.1, 0.15) is 4.24 Å². The molecule has 82 valence electrons. The molecule has 0 aromatic carbocycles. The average molecular weight is 282 g/mol. The number of allylic oxidation sites excluding steroid dienone is 1. The van der Waals surface area contributed by atoms with Gasteiger partial charge in [0, 0.05) is 10.1 Å². The maximum Gasteiger partial charge on any atom is 0.243 e. The number of hydrogen-bond acceptors (Lipinski definition) is 4. The van der Waals surface area contributed by atoms with Crippen molar-refractivity contribution in [1.82, 2.24) is 0 Å². The number of primary sulfonamides is 1. The van der Waals surface area contributed by atoms with Crippen molar-refractivity contribution in [2.45, 2.75) is 11.7 Å². The van der Waals surface area contributed by atoms with Crippen molar-refractivity contribution in [2.24, 2.45) is 5.14 Å².